The van der Waals surface area contributed by atoms with Crippen molar-refractivity contribution < 1.29 is 9.53 Å². The molecule has 1 aromatic heterocycles. The standard InChI is InChI=1S/C18H15ClN2O2/c1-23-12-6-4-5-11(9-12)21-16(17(22)18(21)19)14-10-20-15-8-3-2-7-13(14)15/h2-10,16,18,20H,1H3/t16-,18+/m0/s1. The average molecular weight is 327 g/mol. The maximum atomic E-state index is 12.4. The monoisotopic (exact) mass is 326 g/mol. The Hall–Kier alpha value is -2.46. The second kappa shape index (κ2) is 5.32. The third kappa shape index (κ3) is 2.10. The number of H-pyrrole nitrogens is 1. The molecule has 4 nitrogen and oxygen atoms in total. The van der Waals surface area contributed by atoms with Gasteiger partial charge in [-0.25, -0.2) is 0 Å². The molecule has 2 heterocycles. The SMILES string of the molecule is COc1cccc(N2[C@@H](c3c[nH]c4ccccc34)C(=O)[C@@H]2Cl)c1. The number of ketones is 1. The maximum absolute atomic E-state index is 12.4. The molecule has 1 fully saturated rings. The number of methoxy groups -OCH3 is 1. The van der Waals surface area contributed by atoms with E-state index in [-0.39, 0.29) is 11.8 Å². The van der Waals surface area contributed by atoms with Gasteiger partial charge in [-0.3, -0.25) is 4.79 Å². The quantitative estimate of drug-likeness (QED) is 0.587. The van der Waals surface area contributed by atoms with Crippen molar-refractivity contribution in [2.24, 2.45) is 0 Å². The van der Waals surface area contributed by atoms with Gasteiger partial charge in [0.1, 0.15) is 11.8 Å². The van der Waals surface area contributed by atoms with Crippen LogP contribution in [-0.2, 0) is 4.79 Å². The fourth-order valence-electron chi connectivity index (χ4n) is 3.13. The lowest BCUT2D eigenvalue weighted by molar-refractivity contribution is -0.124. The summed E-state index contributed by atoms with van der Waals surface area (Å²) in [4.78, 5) is 17.6. The molecule has 2 atom stereocenters. The first-order valence-electron chi connectivity index (χ1n) is 7.37. The minimum Gasteiger partial charge on any atom is -0.497 e. The van der Waals surface area contributed by atoms with Crippen LogP contribution in [0.5, 0.6) is 5.75 Å². The second-order valence-corrected chi connectivity index (χ2v) is 5.95. The number of anilines is 1. The lowest BCUT2D eigenvalue weighted by atomic mass is 9.91. The van der Waals surface area contributed by atoms with Crippen molar-refractivity contribution in [1.29, 1.82) is 0 Å². The van der Waals surface area contributed by atoms with Gasteiger partial charge in [0.15, 0.2) is 11.3 Å². The van der Waals surface area contributed by atoms with Gasteiger partial charge in [0, 0.05) is 34.4 Å². The number of nitrogens with one attached hydrogen (secondary N) is 1. The van der Waals surface area contributed by atoms with Gasteiger partial charge in [0.25, 0.3) is 0 Å². The van der Waals surface area contributed by atoms with Crippen LogP contribution in [0, 0.1) is 0 Å². The van der Waals surface area contributed by atoms with E-state index in [2.05, 4.69) is 4.98 Å². The Morgan fingerprint density at radius 2 is 2.00 bits per heavy atom. The van der Waals surface area contributed by atoms with Crippen molar-refractivity contribution in [1.82, 2.24) is 4.98 Å². The van der Waals surface area contributed by atoms with Crippen LogP contribution in [0.2, 0.25) is 0 Å². The molecule has 0 spiro atoms. The second-order valence-electron chi connectivity index (χ2n) is 5.54. The number of aromatic nitrogens is 1. The summed E-state index contributed by atoms with van der Waals surface area (Å²) in [6.07, 6.45) is 1.89. The van der Waals surface area contributed by atoms with Gasteiger partial charge in [0.05, 0.1) is 7.11 Å². The van der Waals surface area contributed by atoms with E-state index in [1.165, 1.54) is 0 Å². The molecule has 3 aromatic rings. The Kier molecular flexibility index (Phi) is 3.27. The molecule has 116 valence electrons. The number of Topliss-reactive ketones (excluding diaryl/α,β-unsaturated/α-hetero) is 1. The number of nitrogens with zero attached hydrogens (tertiary/aromatic N) is 1. The van der Waals surface area contributed by atoms with Gasteiger partial charge in [-0.2, -0.15) is 0 Å². The van der Waals surface area contributed by atoms with Crippen molar-refractivity contribution in [3.63, 3.8) is 0 Å². The Bertz CT molecular complexity index is 889. The third-order valence-electron chi connectivity index (χ3n) is 4.29. The number of ether oxygens (including phenoxy) is 1. The molecule has 0 aliphatic carbocycles. The van der Waals surface area contributed by atoms with Gasteiger partial charge in [-0.05, 0) is 18.2 Å². The van der Waals surface area contributed by atoms with Crippen LogP contribution >= 0.6 is 11.6 Å². The number of hydrogen-bond donors (Lipinski definition) is 1. The normalized spacial score (nSPS) is 20.6. The Balaban J connectivity index is 1.79. The zero-order valence-corrected chi connectivity index (χ0v) is 13.2. The topological polar surface area (TPSA) is 45.3 Å². The molecule has 0 radical (unpaired) electrons. The molecule has 1 aliphatic rings. The van der Waals surface area contributed by atoms with E-state index in [9.17, 15) is 4.79 Å². The number of alkyl halides is 1. The molecule has 1 N–H and O–H groups in total. The summed E-state index contributed by atoms with van der Waals surface area (Å²) < 4.78 is 5.27. The van der Waals surface area contributed by atoms with Crippen molar-refractivity contribution in [2.75, 3.05) is 12.0 Å². The molecule has 0 unspecified atom stereocenters. The highest BCUT2D eigenvalue weighted by atomic mass is 35.5. The lowest BCUT2D eigenvalue weighted by Crippen LogP contribution is -2.56. The third-order valence-corrected chi connectivity index (χ3v) is 4.72. The predicted octanol–water partition coefficient (Wildman–Crippen LogP) is 3.87. The molecular formula is C18H15ClN2O2. The predicted molar refractivity (Wildman–Crippen MR) is 91.2 cm³/mol. The first-order chi connectivity index (χ1) is 11.2. The molecule has 0 amide bonds. The number of halogens is 1. The van der Waals surface area contributed by atoms with Crippen LogP contribution in [-0.4, -0.2) is 23.4 Å². The van der Waals surface area contributed by atoms with Crippen LogP contribution in [0.1, 0.15) is 11.6 Å². The van der Waals surface area contributed by atoms with Crippen LogP contribution in [0.3, 0.4) is 0 Å². The number of carbonyl (C=O) groups excluding carboxylic acids is 1. The van der Waals surface area contributed by atoms with Crippen molar-refractivity contribution in [3.05, 3.63) is 60.3 Å². The molecule has 1 saturated heterocycles. The largest absolute Gasteiger partial charge is 0.497 e. The van der Waals surface area contributed by atoms with Gasteiger partial charge in [0.2, 0.25) is 0 Å². The number of hydrogen-bond acceptors (Lipinski definition) is 3. The highest BCUT2D eigenvalue weighted by molar-refractivity contribution is 6.37. The van der Waals surface area contributed by atoms with E-state index in [1.807, 2.05) is 59.6 Å². The van der Waals surface area contributed by atoms with E-state index < -0.39 is 5.50 Å². The van der Waals surface area contributed by atoms with Crippen molar-refractivity contribution >= 4 is 34.0 Å². The molecule has 2 aromatic carbocycles. The summed E-state index contributed by atoms with van der Waals surface area (Å²) in [7, 11) is 1.62. The first kappa shape index (κ1) is 14.2. The van der Waals surface area contributed by atoms with Gasteiger partial charge < -0.3 is 14.6 Å². The fourth-order valence-corrected chi connectivity index (χ4v) is 3.47. The Morgan fingerprint density at radius 1 is 1.17 bits per heavy atom. The van der Waals surface area contributed by atoms with Crippen LogP contribution in [0.25, 0.3) is 10.9 Å². The van der Waals surface area contributed by atoms with Gasteiger partial charge >= 0.3 is 0 Å². The van der Waals surface area contributed by atoms with E-state index in [1.54, 1.807) is 7.11 Å². The minimum absolute atomic E-state index is 0.0132. The van der Waals surface area contributed by atoms with Crippen molar-refractivity contribution in [3.8, 4) is 5.75 Å². The number of aromatic amines is 1. The zero-order valence-electron chi connectivity index (χ0n) is 12.5. The summed E-state index contributed by atoms with van der Waals surface area (Å²) in [5, 5.41) is 1.04. The summed E-state index contributed by atoms with van der Waals surface area (Å²) >= 11 is 6.28. The van der Waals surface area contributed by atoms with Crippen LogP contribution < -0.4 is 9.64 Å². The molecule has 0 saturated carbocycles. The highest BCUT2D eigenvalue weighted by Gasteiger charge is 2.48. The lowest BCUT2D eigenvalue weighted by Gasteiger charge is -2.45. The van der Waals surface area contributed by atoms with Crippen LogP contribution in [0.15, 0.2) is 54.7 Å². The van der Waals surface area contributed by atoms with Gasteiger partial charge in [-0.1, -0.05) is 35.9 Å². The van der Waals surface area contributed by atoms with E-state index in [0.29, 0.717) is 0 Å². The average Bonchev–Trinajstić information content (AvgIpc) is 3.02. The molecule has 23 heavy (non-hydrogen) atoms. The number of para-hydroxylation sites is 1. The zero-order chi connectivity index (χ0) is 16.0. The van der Waals surface area contributed by atoms with E-state index >= 15 is 0 Å². The summed E-state index contributed by atoms with van der Waals surface area (Å²) in [6.45, 7) is 0. The Labute approximate surface area is 138 Å². The number of rotatable bonds is 3. The summed E-state index contributed by atoms with van der Waals surface area (Å²) in [6, 6.07) is 15.2. The minimum atomic E-state index is -0.652. The molecule has 5 heteroatoms. The summed E-state index contributed by atoms with van der Waals surface area (Å²) in [5.41, 5.74) is 2.18. The molecule has 1 aliphatic heterocycles. The molecule has 4 rings (SSSR count). The number of fused-ring (bicyclic) bond motifs is 1. The van der Waals surface area contributed by atoms with E-state index in [0.717, 1.165) is 27.9 Å². The first-order valence-corrected chi connectivity index (χ1v) is 7.80. The smallest absolute Gasteiger partial charge is 0.197 e. The van der Waals surface area contributed by atoms with Gasteiger partial charge in [-0.15, -0.1) is 0 Å². The highest BCUT2D eigenvalue weighted by Crippen LogP contribution is 2.44. The van der Waals surface area contributed by atoms with E-state index in [4.69, 9.17) is 16.3 Å². The molecule has 0 bridgehead atoms. The number of benzene rings is 2. The summed E-state index contributed by atoms with van der Waals surface area (Å²) in [5.74, 6) is 0.752. The Morgan fingerprint density at radius 3 is 2.83 bits per heavy atom. The maximum Gasteiger partial charge on any atom is 0.197 e. The fraction of sp³-hybridized carbons (Fsp3) is 0.167. The van der Waals surface area contributed by atoms with Crippen LogP contribution in [0.4, 0.5) is 5.69 Å². The van der Waals surface area contributed by atoms with Crippen molar-refractivity contribution in [2.45, 2.75) is 11.5 Å². The molecular weight excluding hydrogens is 312 g/mol. The number of carbonyl (C=O) groups is 1.